The number of hydrogen-bond donors (Lipinski definition) is 8. The molecule has 102 heavy (non-hydrogen) atoms. The van der Waals surface area contributed by atoms with Crippen molar-refractivity contribution in [1.29, 1.82) is 0 Å². The number of carbonyl (C=O) groups is 8. The topological polar surface area (TPSA) is 298 Å². The van der Waals surface area contributed by atoms with E-state index in [0.29, 0.717) is 33.4 Å². The second kappa shape index (κ2) is 32.6. The van der Waals surface area contributed by atoms with Gasteiger partial charge in [0.25, 0.3) is 0 Å². The van der Waals surface area contributed by atoms with Gasteiger partial charge in [0.1, 0.15) is 0 Å². The molecule has 0 aliphatic heterocycles. The molecule has 0 unspecified atom stereocenters. The average molecular weight is 1350 g/mol. The van der Waals surface area contributed by atoms with E-state index in [0.717, 1.165) is 66.8 Å². The smallest absolute Gasteiger partial charge is 0.335 e. The Hall–Kier alpha value is -14.4. The molecule has 0 saturated heterocycles. The third kappa shape index (κ3) is 17.1. The molecule has 500 valence electrons. The number of aromatic carboxylic acids is 8. The first-order valence-corrected chi connectivity index (χ1v) is 31.4. The second-order valence-corrected chi connectivity index (χ2v) is 22.8. The molecule has 0 bridgehead atoms. The molecule has 12 rings (SSSR count). The Bertz CT molecular complexity index is 4490. The zero-order valence-corrected chi connectivity index (χ0v) is 53.9. The minimum atomic E-state index is -1.10. The first kappa shape index (κ1) is 70.4. The van der Waals surface area contributed by atoms with E-state index in [2.05, 4.69) is 0 Å². The quantitative estimate of drug-likeness (QED) is 0.0329. The van der Waals surface area contributed by atoms with Gasteiger partial charge in [0.15, 0.2) is 0 Å². The highest BCUT2D eigenvalue weighted by molar-refractivity contribution is 6.08. The number of hydrogen-bond acceptors (Lipinski definition) is 8. The van der Waals surface area contributed by atoms with Crippen molar-refractivity contribution in [3.05, 3.63) is 427 Å². The van der Waals surface area contributed by atoms with Gasteiger partial charge in [0.2, 0.25) is 0 Å². The summed E-state index contributed by atoms with van der Waals surface area (Å²) in [6.45, 7) is 0. The molecule has 0 radical (unpaired) electrons. The van der Waals surface area contributed by atoms with Crippen LogP contribution in [0.5, 0.6) is 0 Å². The monoisotopic (exact) mass is 1350 g/mol. The molecule has 12 aromatic carbocycles. The van der Waals surface area contributed by atoms with Crippen molar-refractivity contribution in [3.8, 4) is 0 Å². The molecule has 0 aliphatic rings. The second-order valence-electron chi connectivity index (χ2n) is 22.8. The molecular formula is C86H60O16. The fourth-order valence-electron chi connectivity index (χ4n) is 11.4. The van der Waals surface area contributed by atoms with Crippen molar-refractivity contribution in [3.63, 3.8) is 0 Å². The summed E-state index contributed by atoms with van der Waals surface area (Å²) in [6, 6.07) is 91.3. The summed E-state index contributed by atoms with van der Waals surface area (Å²) < 4.78 is 0. The highest BCUT2D eigenvalue weighted by atomic mass is 16.4. The summed E-state index contributed by atoms with van der Waals surface area (Å²) in [5, 5.41) is 74.7. The molecule has 16 nitrogen and oxygen atoms in total. The van der Waals surface area contributed by atoms with Crippen molar-refractivity contribution in [2.45, 2.75) is 0 Å². The molecule has 0 aliphatic carbocycles. The van der Waals surface area contributed by atoms with Crippen LogP contribution in [-0.4, -0.2) is 88.6 Å². The highest BCUT2D eigenvalue weighted by Gasteiger charge is 2.22. The maximum absolute atomic E-state index is 11.4. The van der Waals surface area contributed by atoms with Gasteiger partial charge < -0.3 is 40.9 Å². The summed E-state index contributed by atoms with van der Waals surface area (Å²) in [6.07, 6.45) is 0. The van der Waals surface area contributed by atoms with Crippen LogP contribution in [0.4, 0.5) is 0 Å². The molecule has 0 spiro atoms. The van der Waals surface area contributed by atoms with E-state index < -0.39 is 47.8 Å². The lowest BCUT2D eigenvalue weighted by molar-refractivity contribution is 0.0686. The van der Waals surface area contributed by atoms with E-state index in [1.807, 2.05) is 121 Å². The normalized spacial score (nSPS) is 11.1. The van der Waals surface area contributed by atoms with Crippen LogP contribution in [0.3, 0.4) is 0 Å². The van der Waals surface area contributed by atoms with Crippen LogP contribution in [-0.2, 0) is 0 Å². The van der Waals surface area contributed by atoms with Crippen LogP contribution in [0.15, 0.2) is 315 Å². The van der Waals surface area contributed by atoms with Gasteiger partial charge in [-0.2, -0.15) is 0 Å². The SMILES string of the molecule is O=C(O)c1ccc(/C(=C(/c2ccccc2)c2ccc(C(=O)O)cc2)c2ccccc2)cc1.O=C(O)c1ccc(/C(=C(\c2ccccc2)c2ccc(C(=O)O)cc2)c2ccccc2)cc1.O=C(O)c1ccc(C(=C(c2ccc(C(=O)O)cc2)c2ccc(C(=O)O)cc2)c2ccc(C(=O)O)cc2)cc1. The van der Waals surface area contributed by atoms with E-state index in [1.54, 1.807) is 146 Å². The molecular weight excluding hydrogens is 1290 g/mol. The van der Waals surface area contributed by atoms with Gasteiger partial charge in [-0.15, -0.1) is 0 Å². The third-order valence-corrected chi connectivity index (χ3v) is 16.4. The lowest BCUT2D eigenvalue weighted by Gasteiger charge is -2.19. The van der Waals surface area contributed by atoms with Crippen LogP contribution < -0.4 is 0 Å². The van der Waals surface area contributed by atoms with E-state index in [9.17, 15) is 79.2 Å². The summed E-state index contributed by atoms with van der Waals surface area (Å²) in [5.74, 6) is -8.29. The number of benzene rings is 12. The number of rotatable bonds is 20. The lowest BCUT2D eigenvalue weighted by atomic mass is 9.85. The Labute approximate surface area is 584 Å². The first-order valence-electron chi connectivity index (χ1n) is 31.4. The molecule has 8 N–H and O–H groups in total. The summed E-state index contributed by atoms with van der Waals surface area (Å²) in [4.78, 5) is 91.2. The van der Waals surface area contributed by atoms with E-state index in [1.165, 1.54) is 48.5 Å². The highest BCUT2D eigenvalue weighted by Crippen LogP contribution is 2.41. The van der Waals surface area contributed by atoms with Crippen LogP contribution in [0.1, 0.15) is 150 Å². The molecule has 0 amide bonds. The molecule has 0 saturated carbocycles. The van der Waals surface area contributed by atoms with Gasteiger partial charge in [-0.1, -0.05) is 218 Å². The van der Waals surface area contributed by atoms with Crippen LogP contribution >= 0.6 is 0 Å². The third-order valence-electron chi connectivity index (χ3n) is 16.4. The van der Waals surface area contributed by atoms with Crippen LogP contribution in [0.2, 0.25) is 0 Å². The minimum absolute atomic E-state index is 0.0764. The molecule has 0 heterocycles. The predicted molar refractivity (Wildman–Crippen MR) is 388 cm³/mol. The summed E-state index contributed by atoms with van der Waals surface area (Å²) >= 11 is 0. The van der Waals surface area contributed by atoms with Gasteiger partial charge >= 0.3 is 47.8 Å². The van der Waals surface area contributed by atoms with E-state index in [4.69, 9.17) is 0 Å². The van der Waals surface area contributed by atoms with Crippen molar-refractivity contribution in [2.24, 2.45) is 0 Å². The molecule has 0 aromatic heterocycles. The Balaban J connectivity index is 0.000000166. The Kier molecular flexibility index (Phi) is 22.5. The Morgan fingerprint density at radius 1 is 0.118 bits per heavy atom. The molecule has 12 aromatic rings. The van der Waals surface area contributed by atoms with E-state index >= 15 is 0 Å². The van der Waals surface area contributed by atoms with Gasteiger partial charge in [-0.3, -0.25) is 0 Å². The van der Waals surface area contributed by atoms with Crippen molar-refractivity contribution >= 4 is 81.2 Å². The Morgan fingerprint density at radius 2 is 0.196 bits per heavy atom. The van der Waals surface area contributed by atoms with Crippen molar-refractivity contribution in [1.82, 2.24) is 0 Å². The predicted octanol–water partition coefficient (Wildman–Crippen LogP) is 17.7. The maximum Gasteiger partial charge on any atom is 0.335 e. The Morgan fingerprint density at radius 3 is 0.284 bits per heavy atom. The summed E-state index contributed by atoms with van der Waals surface area (Å²) in [5.41, 5.74) is 15.8. The molecule has 0 atom stereocenters. The zero-order chi connectivity index (χ0) is 72.4. The van der Waals surface area contributed by atoms with Gasteiger partial charge in [-0.05, 0) is 197 Å². The molecule has 0 fully saturated rings. The fraction of sp³-hybridized carbons (Fsp3) is 0. The summed E-state index contributed by atoms with van der Waals surface area (Å²) in [7, 11) is 0. The number of carboxylic acids is 8. The van der Waals surface area contributed by atoms with E-state index in [-0.39, 0.29) is 44.5 Å². The van der Waals surface area contributed by atoms with Crippen LogP contribution in [0.25, 0.3) is 33.4 Å². The van der Waals surface area contributed by atoms with Gasteiger partial charge in [-0.25, -0.2) is 38.4 Å². The number of carboxylic acid groups (broad SMARTS) is 8. The largest absolute Gasteiger partial charge is 0.478 e. The standard InChI is InChI=1S/C30H20O8.2C28H20O4/c31-27(32)21-9-1-17(2-10-21)25(18-3-11-22(12-4-18)28(33)34)26(19-5-13-23(14-6-19)29(35)36)20-7-15-24(16-8-20)30(37)38;2*29-27(30)23-15-11-21(12-16-23)25(19-7-3-1-4-8-19)26(20-9-5-2-6-10-20)22-13-17-24(18-14-22)28(31)32/h1-16H,(H,31,32)(H,33,34)(H,35,36)(H,37,38);2*1-18H,(H,29,30)(H,31,32)/b;26-25+;26-25-. The van der Waals surface area contributed by atoms with Gasteiger partial charge in [0, 0.05) is 0 Å². The average Bonchev–Trinajstić information content (AvgIpc) is 0.785. The molecule has 16 heteroatoms. The zero-order valence-electron chi connectivity index (χ0n) is 53.9. The van der Waals surface area contributed by atoms with Gasteiger partial charge in [0.05, 0.1) is 44.5 Å². The maximum atomic E-state index is 11.4. The van der Waals surface area contributed by atoms with Crippen molar-refractivity contribution < 1.29 is 79.2 Å². The van der Waals surface area contributed by atoms with Crippen molar-refractivity contribution in [2.75, 3.05) is 0 Å². The fourth-order valence-corrected chi connectivity index (χ4v) is 11.4. The minimum Gasteiger partial charge on any atom is -0.478 e. The lowest BCUT2D eigenvalue weighted by Crippen LogP contribution is -2.02. The first-order chi connectivity index (χ1) is 49.2. The van der Waals surface area contributed by atoms with Crippen LogP contribution in [0, 0.1) is 0 Å².